The first-order valence-corrected chi connectivity index (χ1v) is 5.80. The van der Waals surface area contributed by atoms with Gasteiger partial charge in [-0.2, -0.15) is 0 Å². The van der Waals surface area contributed by atoms with Crippen LogP contribution in [0.25, 0.3) is 0 Å². The highest BCUT2D eigenvalue weighted by molar-refractivity contribution is 5.84. The molecule has 0 saturated carbocycles. The molecule has 1 aromatic rings. The maximum atomic E-state index is 10.8. The molecule has 0 aliphatic heterocycles. The van der Waals surface area contributed by atoms with E-state index in [1.165, 1.54) is 6.07 Å². The van der Waals surface area contributed by atoms with Crippen LogP contribution < -0.4 is 10.5 Å². The summed E-state index contributed by atoms with van der Waals surface area (Å²) >= 11 is 0. The van der Waals surface area contributed by atoms with Crippen LogP contribution in [0.3, 0.4) is 0 Å². The van der Waals surface area contributed by atoms with E-state index < -0.39 is 11.0 Å². The molecule has 19 heavy (non-hydrogen) atoms. The fraction of sp³-hybridized carbons (Fsp3) is 0.417. The molecule has 0 fully saturated rings. The molecular weight excluding hydrogens is 250 g/mol. The molecule has 104 valence electrons. The summed E-state index contributed by atoms with van der Waals surface area (Å²) in [6, 6.07) is 3.03. The Morgan fingerprint density at radius 3 is 2.63 bits per heavy atom. The number of benzene rings is 1. The Labute approximate surface area is 110 Å². The first-order valence-electron chi connectivity index (χ1n) is 5.80. The highest BCUT2D eigenvalue weighted by Crippen LogP contribution is 2.28. The van der Waals surface area contributed by atoms with Gasteiger partial charge in [0, 0.05) is 11.6 Å². The summed E-state index contributed by atoms with van der Waals surface area (Å²) in [5, 5.41) is 22.4. The second-order valence-corrected chi connectivity index (χ2v) is 4.20. The van der Waals surface area contributed by atoms with E-state index in [-0.39, 0.29) is 11.5 Å². The molecule has 0 saturated heterocycles. The highest BCUT2D eigenvalue weighted by atomic mass is 16.6. The van der Waals surface area contributed by atoms with Crippen LogP contribution in [0.15, 0.2) is 17.3 Å². The first kappa shape index (κ1) is 14.7. The van der Waals surface area contributed by atoms with E-state index in [2.05, 4.69) is 5.16 Å². The quantitative estimate of drug-likeness (QED) is 0.279. The molecule has 0 aliphatic rings. The Morgan fingerprint density at radius 1 is 1.53 bits per heavy atom. The van der Waals surface area contributed by atoms with Gasteiger partial charge in [-0.05, 0) is 31.9 Å². The van der Waals surface area contributed by atoms with E-state index in [0.717, 1.165) is 0 Å². The lowest BCUT2D eigenvalue weighted by molar-refractivity contribution is -0.385. The standard InChI is InChI=1S/C12H17N3O4/c1-4-10(12(13)14-16)19-11-6-7(2)9(15(17)18)5-8(11)3/h5-6,10,16H,4H2,1-3H3,(H2,13,14). The molecule has 0 spiro atoms. The minimum atomic E-state index is -0.565. The second kappa shape index (κ2) is 6.03. The number of nitro groups is 1. The highest BCUT2D eigenvalue weighted by Gasteiger charge is 2.18. The molecule has 0 aromatic heterocycles. The van der Waals surface area contributed by atoms with Gasteiger partial charge in [0.15, 0.2) is 11.9 Å². The average Bonchev–Trinajstić information content (AvgIpc) is 2.37. The van der Waals surface area contributed by atoms with E-state index in [4.69, 9.17) is 15.7 Å². The summed E-state index contributed by atoms with van der Waals surface area (Å²) in [6.45, 7) is 5.17. The number of hydrogen-bond donors (Lipinski definition) is 2. The van der Waals surface area contributed by atoms with Crippen LogP contribution in [0.5, 0.6) is 5.75 Å². The third kappa shape index (κ3) is 3.34. The van der Waals surface area contributed by atoms with Crippen molar-refractivity contribution < 1.29 is 14.9 Å². The van der Waals surface area contributed by atoms with Crippen LogP contribution >= 0.6 is 0 Å². The summed E-state index contributed by atoms with van der Waals surface area (Å²) in [5.41, 5.74) is 6.68. The number of rotatable bonds is 5. The molecule has 1 rings (SSSR count). The maximum absolute atomic E-state index is 10.8. The lowest BCUT2D eigenvalue weighted by Gasteiger charge is -2.18. The maximum Gasteiger partial charge on any atom is 0.272 e. The molecule has 3 N–H and O–H groups in total. The zero-order chi connectivity index (χ0) is 14.6. The van der Waals surface area contributed by atoms with E-state index in [0.29, 0.717) is 23.3 Å². The molecular formula is C12H17N3O4. The molecule has 0 amide bonds. The summed E-state index contributed by atoms with van der Waals surface area (Å²) < 4.78 is 5.62. The Hall–Kier alpha value is -2.31. The van der Waals surface area contributed by atoms with Gasteiger partial charge in [0.1, 0.15) is 5.75 Å². The third-order valence-electron chi connectivity index (χ3n) is 2.78. The van der Waals surface area contributed by atoms with Crippen molar-refractivity contribution in [2.24, 2.45) is 10.9 Å². The first-order chi connectivity index (χ1) is 8.90. The number of amidine groups is 1. The van der Waals surface area contributed by atoms with Crippen molar-refractivity contribution >= 4 is 11.5 Å². The number of nitrogens with zero attached hydrogens (tertiary/aromatic N) is 2. The van der Waals surface area contributed by atoms with Crippen LogP contribution in [0.1, 0.15) is 24.5 Å². The van der Waals surface area contributed by atoms with Crippen molar-refractivity contribution in [3.05, 3.63) is 33.4 Å². The van der Waals surface area contributed by atoms with Crippen LogP contribution in [0.4, 0.5) is 5.69 Å². The normalized spacial score (nSPS) is 13.1. The van der Waals surface area contributed by atoms with Crippen molar-refractivity contribution in [3.8, 4) is 5.75 Å². The lowest BCUT2D eigenvalue weighted by atomic mass is 10.1. The van der Waals surface area contributed by atoms with Gasteiger partial charge < -0.3 is 15.7 Å². The second-order valence-electron chi connectivity index (χ2n) is 4.20. The van der Waals surface area contributed by atoms with Crippen molar-refractivity contribution in [1.29, 1.82) is 0 Å². The predicted molar refractivity (Wildman–Crippen MR) is 70.7 cm³/mol. The zero-order valence-electron chi connectivity index (χ0n) is 11.1. The Morgan fingerprint density at radius 2 is 2.16 bits per heavy atom. The molecule has 7 nitrogen and oxygen atoms in total. The van der Waals surface area contributed by atoms with E-state index >= 15 is 0 Å². The molecule has 7 heteroatoms. The van der Waals surface area contributed by atoms with Gasteiger partial charge in [0.2, 0.25) is 0 Å². The topological polar surface area (TPSA) is 111 Å². The van der Waals surface area contributed by atoms with Crippen molar-refractivity contribution in [2.45, 2.75) is 33.3 Å². The van der Waals surface area contributed by atoms with Crippen LogP contribution in [-0.4, -0.2) is 22.1 Å². The van der Waals surface area contributed by atoms with Crippen molar-refractivity contribution in [1.82, 2.24) is 0 Å². The van der Waals surface area contributed by atoms with Gasteiger partial charge in [0.05, 0.1) is 4.92 Å². The van der Waals surface area contributed by atoms with Gasteiger partial charge >= 0.3 is 0 Å². The summed E-state index contributed by atoms with van der Waals surface area (Å²) in [5.74, 6) is 0.458. The van der Waals surface area contributed by atoms with Crippen LogP contribution in [0.2, 0.25) is 0 Å². The zero-order valence-corrected chi connectivity index (χ0v) is 11.1. The van der Waals surface area contributed by atoms with E-state index in [1.807, 2.05) is 6.92 Å². The number of aryl methyl sites for hydroxylation is 2. The summed E-state index contributed by atoms with van der Waals surface area (Å²) in [6.07, 6.45) is -0.0460. The Balaban J connectivity index is 3.09. The number of nitro benzene ring substituents is 1. The Kier molecular flexibility index (Phi) is 4.68. The number of oxime groups is 1. The average molecular weight is 267 g/mol. The Bertz CT molecular complexity index is 514. The number of ether oxygens (including phenoxy) is 1. The molecule has 0 radical (unpaired) electrons. The molecule has 0 bridgehead atoms. The fourth-order valence-electron chi connectivity index (χ4n) is 1.67. The van der Waals surface area contributed by atoms with Gasteiger partial charge in [-0.3, -0.25) is 10.1 Å². The molecule has 0 heterocycles. The lowest BCUT2D eigenvalue weighted by Crippen LogP contribution is -2.33. The van der Waals surface area contributed by atoms with Crippen molar-refractivity contribution in [2.75, 3.05) is 0 Å². The molecule has 1 aromatic carbocycles. The van der Waals surface area contributed by atoms with Crippen LogP contribution in [0, 0.1) is 24.0 Å². The molecule has 0 aliphatic carbocycles. The fourth-order valence-corrected chi connectivity index (χ4v) is 1.67. The minimum absolute atomic E-state index is 0.0297. The van der Waals surface area contributed by atoms with Gasteiger partial charge in [-0.25, -0.2) is 0 Å². The monoisotopic (exact) mass is 267 g/mol. The summed E-state index contributed by atoms with van der Waals surface area (Å²) in [4.78, 5) is 10.4. The largest absolute Gasteiger partial charge is 0.482 e. The smallest absolute Gasteiger partial charge is 0.272 e. The van der Waals surface area contributed by atoms with Crippen molar-refractivity contribution in [3.63, 3.8) is 0 Å². The van der Waals surface area contributed by atoms with Gasteiger partial charge in [-0.15, -0.1) is 0 Å². The molecule has 1 unspecified atom stereocenters. The van der Waals surface area contributed by atoms with Gasteiger partial charge in [-0.1, -0.05) is 12.1 Å². The molecule has 1 atom stereocenters. The minimum Gasteiger partial charge on any atom is -0.482 e. The SMILES string of the molecule is CCC(Oc1cc(C)c([N+](=O)[O-])cc1C)C(N)=NO. The number of nitrogens with two attached hydrogens (primary N) is 1. The summed E-state index contributed by atoms with van der Waals surface area (Å²) in [7, 11) is 0. The van der Waals surface area contributed by atoms with E-state index in [1.54, 1.807) is 19.9 Å². The van der Waals surface area contributed by atoms with Crippen LogP contribution in [-0.2, 0) is 0 Å². The third-order valence-corrected chi connectivity index (χ3v) is 2.78. The van der Waals surface area contributed by atoms with E-state index in [9.17, 15) is 10.1 Å². The number of hydrogen-bond acceptors (Lipinski definition) is 5. The predicted octanol–water partition coefficient (Wildman–Crippen LogP) is 2.12. The van der Waals surface area contributed by atoms with Gasteiger partial charge in [0.25, 0.3) is 5.69 Å².